The van der Waals surface area contributed by atoms with Crippen LogP contribution >= 0.6 is 0 Å². The number of rotatable bonds is 9. The highest BCUT2D eigenvalue weighted by Crippen LogP contribution is 2.29. The summed E-state index contributed by atoms with van der Waals surface area (Å²) in [6.07, 6.45) is 2.86. The smallest absolute Gasteiger partial charge is 0.311 e. The second kappa shape index (κ2) is 8.37. The normalized spacial score (nSPS) is 11.9. The predicted molar refractivity (Wildman–Crippen MR) is 78.2 cm³/mol. The Labute approximate surface area is 118 Å². The highest BCUT2D eigenvalue weighted by Gasteiger charge is 2.15. The van der Waals surface area contributed by atoms with Crippen molar-refractivity contribution in [1.29, 1.82) is 0 Å². The number of ether oxygens (including phenoxy) is 1. The molecule has 6 nitrogen and oxygen atoms in total. The first-order chi connectivity index (χ1) is 9.62. The van der Waals surface area contributed by atoms with Crippen LogP contribution in [0.15, 0.2) is 18.2 Å². The lowest BCUT2D eigenvalue weighted by atomic mass is 10.00. The summed E-state index contributed by atoms with van der Waals surface area (Å²) in [5.41, 5.74) is 0.741. The van der Waals surface area contributed by atoms with Crippen LogP contribution in [0.2, 0.25) is 0 Å². The minimum Gasteiger partial charge on any atom is -0.490 e. The Kier molecular flexibility index (Phi) is 6.79. The van der Waals surface area contributed by atoms with Gasteiger partial charge in [0.15, 0.2) is 5.75 Å². The van der Waals surface area contributed by atoms with E-state index in [1.54, 1.807) is 12.1 Å². The van der Waals surface area contributed by atoms with Gasteiger partial charge in [0.25, 0.3) is 0 Å². The standard InChI is InChI=1S/C14H22N2O4/c1-3-4-11(7-8-17)10-15-12-5-6-13(16(18)19)14(9-12)20-2/h5-6,9,11,15,17H,3-4,7-8,10H2,1-2H3. The number of aliphatic hydroxyl groups is 1. The molecule has 0 spiro atoms. The maximum absolute atomic E-state index is 10.8. The molecule has 0 heterocycles. The van der Waals surface area contributed by atoms with Crippen LogP contribution in [0.5, 0.6) is 5.75 Å². The summed E-state index contributed by atoms with van der Waals surface area (Å²) in [5, 5.41) is 23.1. The van der Waals surface area contributed by atoms with Crippen LogP contribution < -0.4 is 10.1 Å². The van der Waals surface area contributed by atoms with Gasteiger partial charge in [-0.3, -0.25) is 10.1 Å². The molecule has 1 aromatic carbocycles. The molecule has 1 aromatic rings. The average molecular weight is 282 g/mol. The van der Waals surface area contributed by atoms with Crippen molar-refractivity contribution in [2.45, 2.75) is 26.2 Å². The lowest BCUT2D eigenvalue weighted by Crippen LogP contribution is -2.15. The van der Waals surface area contributed by atoms with Gasteiger partial charge in [0, 0.05) is 31.0 Å². The van der Waals surface area contributed by atoms with Gasteiger partial charge in [-0.2, -0.15) is 0 Å². The molecule has 0 amide bonds. The molecule has 0 aliphatic carbocycles. The first kappa shape index (κ1) is 16.2. The number of hydrogen-bond acceptors (Lipinski definition) is 5. The Morgan fingerprint density at radius 1 is 1.45 bits per heavy atom. The summed E-state index contributed by atoms with van der Waals surface area (Å²) in [4.78, 5) is 10.3. The first-order valence-electron chi connectivity index (χ1n) is 6.79. The lowest BCUT2D eigenvalue weighted by Gasteiger charge is -2.16. The number of benzene rings is 1. The van der Waals surface area contributed by atoms with Crippen molar-refractivity contribution in [3.05, 3.63) is 28.3 Å². The number of nitro groups is 1. The summed E-state index contributed by atoms with van der Waals surface area (Å²) in [6.45, 7) is 3.02. The van der Waals surface area contributed by atoms with Gasteiger partial charge in [0.2, 0.25) is 0 Å². The highest BCUT2D eigenvalue weighted by molar-refractivity contribution is 5.57. The fraction of sp³-hybridized carbons (Fsp3) is 0.571. The zero-order chi connectivity index (χ0) is 15.0. The molecule has 0 aromatic heterocycles. The highest BCUT2D eigenvalue weighted by atomic mass is 16.6. The van der Waals surface area contributed by atoms with Gasteiger partial charge in [-0.05, 0) is 24.8 Å². The summed E-state index contributed by atoms with van der Waals surface area (Å²) in [6, 6.07) is 4.73. The SMILES string of the molecule is CCCC(CCO)CNc1ccc([N+](=O)[O-])c(OC)c1. The number of nitrogens with one attached hydrogen (secondary N) is 1. The third-order valence-electron chi connectivity index (χ3n) is 3.21. The Bertz CT molecular complexity index is 431. The molecule has 1 atom stereocenters. The van der Waals surface area contributed by atoms with Gasteiger partial charge in [0.1, 0.15) is 0 Å². The molecule has 0 fully saturated rings. The van der Waals surface area contributed by atoms with E-state index in [2.05, 4.69) is 12.2 Å². The Morgan fingerprint density at radius 2 is 2.20 bits per heavy atom. The topological polar surface area (TPSA) is 84.6 Å². The molecule has 20 heavy (non-hydrogen) atoms. The lowest BCUT2D eigenvalue weighted by molar-refractivity contribution is -0.385. The van der Waals surface area contributed by atoms with Crippen LogP contribution in [-0.2, 0) is 0 Å². The van der Waals surface area contributed by atoms with Crippen LogP contribution in [0.3, 0.4) is 0 Å². The fourth-order valence-electron chi connectivity index (χ4n) is 2.14. The second-order valence-electron chi connectivity index (χ2n) is 4.69. The minimum atomic E-state index is -0.464. The van der Waals surface area contributed by atoms with Crippen LogP contribution in [0.25, 0.3) is 0 Å². The number of nitro benzene ring substituents is 1. The number of aliphatic hydroxyl groups excluding tert-OH is 1. The molecule has 1 unspecified atom stereocenters. The molecule has 0 saturated heterocycles. The Balaban J connectivity index is 2.70. The molecule has 0 aliphatic heterocycles. The van der Waals surface area contributed by atoms with Crippen molar-refractivity contribution in [2.24, 2.45) is 5.92 Å². The van der Waals surface area contributed by atoms with E-state index in [1.807, 2.05) is 0 Å². The monoisotopic (exact) mass is 282 g/mol. The summed E-state index contributed by atoms with van der Waals surface area (Å²) < 4.78 is 5.03. The summed E-state index contributed by atoms with van der Waals surface area (Å²) in [5.74, 6) is 0.639. The molecule has 2 N–H and O–H groups in total. The second-order valence-corrected chi connectivity index (χ2v) is 4.69. The van der Waals surface area contributed by atoms with E-state index in [-0.39, 0.29) is 18.0 Å². The number of hydrogen-bond donors (Lipinski definition) is 2. The van der Waals surface area contributed by atoms with Crippen molar-refractivity contribution < 1.29 is 14.8 Å². The molecule has 0 bridgehead atoms. The van der Waals surface area contributed by atoms with Gasteiger partial charge >= 0.3 is 5.69 Å². The van der Waals surface area contributed by atoms with Crippen LogP contribution in [-0.4, -0.2) is 30.3 Å². The number of anilines is 1. The number of nitrogens with zero attached hydrogens (tertiary/aromatic N) is 1. The molecule has 112 valence electrons. The Morgan fingerprint density at radius 3 is 2.75 bits per heavy atom. The van der Waals surface area contributed by atoms with Gasteiger partial charge in [0.05, 0.1) is 12.0 Å². The van der Waals surface area contributed by atoms with Crippen molar-refractivity contribution in [2.75, 3.05) is 25.6 Å². The summed E-state index contributed by atoms with van der Waals surface area (Å²) in [7, 11) is 1.41. The molecular formula is C14H22N2O4. The van der Waals surface area contributed by atoms with Crippen molar-refractivity contribution in [1.82, 2.24) is 0 Å². The first-order valence-corrected chi connectivity index (χ1v) is 6.79. The van der Waals surface area contributed by atoms with Crippen LogP contribution in [0.1, 0.15) is 26.2 Å². The van der Waals surface area contributed by atoms with Gasteiger partial charge < -0.3 is 15.2 Å². The largest absolute Gasteiger partial charge is 0.490 e. The van der Waals surface area contributed by atoms with E-state index < -0.39 is 4.92 Å². The van der Waals surface area contributed by atoms with E-state index in [0.717, 1.165) is 31.5 Å². The van der Waals surface area contributed by atoms with E-state index in [0.29, 0.717) is 5.92 Å². The molecule has 0 aliphatic rings. The molecule has 0 radical (unpaired) electrons. The molecule has 1 rings (SSSR count). The molecule has 6 heteroatoms. The van der Waals surface area contributed by atoms with Crippen molar-refractivity contribution >= 4 is 11.4 Å². The third kappa shape index (κ3) is 4.70. The van der Waals surface area contributed by atoms with E-state index in [9.17, 15) is 10.1 Å². The van der Waals surface area contributed by atoms with Crippen LogP contribution in [0.4, 0.5) is 11.4 Å². The maximum atomic E-state index is 10.8. The zero-order valence-corrected chi connectivity index (χ0v) is 12.0. The Hall–Kier alpha value is -1.82. The van der Waals surface area contributed by atoms with Crippen LogP contribution in [0, 0.1) is 16.0 Å². The maximum Gasteiger partial charge on any atom is 0.311 e. The quantitative estimate of drug-likeness (QED) is 0.537. The summed E-state index contributed by atoms with van der Waals surface area (Å²) >= 11 is 0. The average Bonchev–Trinajstić information content (AvgIpc) is 2.44. The van der Waals surface area contributed by atoms with Gasteiger partial charge in [-0.1, -0.05) is 13.3 Å². The van der Waals surface area contributed by atoms with E-state index in [1.165, 1.54) is 13.2 Å². The zero-order valence-electron chi connectivity index (χ0n) is 12.0. The molecule has 0 saturated carbocycles. The minimum absolute atomic E-state index is 0.0430. The number of methoxy groups -OCH3 is 1. The fourth-order valence-corrected chi connectivity index (χ4v) is 2.14. The van der Waals surface area contributed by atoms with E-state index in [4.69, 9.17) is 9.84 Å². The molecular weight excluding hydrogens is 260 g/mol. The predicted octanol–water partition coefficient (Wildman–Crippen LogP) is 2.81. The van der Waals surface area contributed by atoms with Gasteiger partial charge in [-0.25, -0.2) is 0 Å². The van der Waals surface area contributed by atoms with Crippen molar-refractivity contribution in [3.63, 3.8) is 0 Å². The third-order valence-corrected chi connectivity index (χ3v) is 3.21. The van der Waals surface area contributed by atoms with E-state index >= 15 is 0 Å². The van der Waals surface area contributed by atoms with Crippen molar-refractivity contribution in [3.8, 4) is 5.75 Å². The van der Waals surface area contributed by atoms with Gasteiger partial charge in [-0.15, -0.1) is 0 Å².